The molecule has 1 heterocycles. The molecule has 1 aromatic heterocycles. The minimum absolute atomic E-state index is 0. The van der Waals surface area contributed by atoms with Gasteiger partial charge in [0.2, 0.25) is 0 Å². The molecule has 0 amide bonds. The Kier molecular flexibility index (Phi) is 6.20. The Bertz CT molecular complexity index is 477. The first kappa shape index (κ1) is 15.6. The Morgan fingerprint density at radius 1 is 1.33 bits per heavy atom. The molecule has 0 unspecified atom stereocenters. The van der Waals surface area contributed by atoms with Gasteiger partial charge in [-0.05, 0) is 11.5 Å². The van der Waals surface area contributed by atoms with Crippen LogP contribution in [-0.4, -0.2) is 21.5 Å². The number of hydrogen-bond donors (Lipinski definition) is 1. The van der Waals surface area contributed by atoms with Gasteiger partial charge in [0.15, 0.2) is 0 Å². The van der Waals surface area contributed by atoms with Crippen LogP contribution in [0.15, 0.2) is 30.6 Å². The van der Waals surface area contributed by atoms with E-state index in [9.17, 15) is 0 Å². The van der Waals surface area contributed by atoms with Gasteiger partial charge >= 0.3 is 0 Å². The Hall–Kier alpha value is -0.506. The Balaban J connectivity index is 0.00000162. The third-order valence-electron chi connectivity index (χ3n) is 2.75. The topological polar surface area (TPSA) is 38.0 Å². The molecule has 0 atom stereocenters. The van der Waals surface area contributed by atoms with Gasteiger partial charge in [0.25, 0.3) is 0 Å². The van der Waals surface area contributed by atoms with Crippen molar-refractivity contribution in [2.75, 3.05) is 6.61 Å². The number of hydrogen-bond acceptors (Lipinski definition) is 2. The van der Waals surface area contributed by atoms with E-state index >= 15 is 0 Å². The predicted octanol–water partition coefficient (Wildman–Crippen LogP) is 2.46. The molecule has 0 saturated heterocycles. The Morgan fingerprint density at radius 2 is 2.11 bits per heavy atom. The maximum atomic E-state index is 8.83. The van der Waals surface area contributed by atoms with Crippen molar-refractivity contribution in [1.82, 2.24) is 9.78 Å². The third kappa shape index (κ3) is 3.74. The second kappa shape index (κ2) is 7.17. The molecule has 1 aromatic carbocycles. The summed E-state index contributed by atoms with van der Waals surface area (Å²) < 4.78 is 1.74. The third-order valence-corrected chi connectivity index (χ3v) is 2.75. The van der Waals surface area contributed by atoms with Crippen LogP contribution in [0.3, 0.4) is 0 Å². The summed E-state index contributed by atoms with van der Waals surface area (Å²) in [6.45, 7) is 4.96. The molecule has 0 saturated carbocycles. The number of aliphatic hydroxyl groups is 1. The van der Waals surface area contributed by atoms with Gasteiger partial charge in [-0.25, -0.2) is 0 Å². The van der Waals surface area contributed by atoms with E-state index in [0.29, 0.717) is 12.5 Å². The molecule has 0 fully saturated rings. The van der Waals surface area contributed by atoms with Gasteiger partial charge in [0.1, 0.15) is 0 Å². The molecule has 0 spiro atoms. The van der Waals surface area contributed by atoms with Crippen molar-refractivity contribution in [1.29, 1.82) is 0 Å². The summed E-state index contributed by atoms with van der Waals surface area (Å²) in [5.41, 5.74) is 3.39. The molecule has 1 radical (unpaired) electrons. The molecule has 2 rings (SSSR count). The summed E-state index contributed by atoms with van der Waals surface area (Å²) in [6, 6.07) is 9.48. The fourth-order valence-corrected chi connectivity index (χ4v) is 1.71. The smallest absolute Gasteiger partial charge is 0.0640 e. The van der Waals surface area contributed by atoms with Gasteiger partial charge in [-0.15, -0.1) is 5.56 Å². The number of aromatic nitrogens is 2. The van der Waals surface area contributed by atoms with Crippen molar-refractivity contribution in [2.24, 2.45) is 0 Å². The number of aliphatic hydroxyl groups excluding tert-OH is 1. The van der Waals surface area contributed by atoms with E-state index in [1.165, 1.54) is 5.56 Å². The van der Waals surface area contributed by atoms with Crippen molar-refractivity contribution in [3.63, 3.8) is 0 Å². The largest absolute Gasteiger partial charge is 0.394 e. The maximum Gasteiger partial charge on any atom is 0.0640 e. The molecular weight excluding hydrogens is 301 g/mol. The summed E-state index contributed by atoms with van der Waals surface area (Å²) in [6.07, 6.45) is 3.75. The Labute approximate surface area is 133 Å². The van der Waals surface area contributed by atoms with Crippen molar-refractivity contribution in [3.05, 3.63) is 42.2 Å². The second-order valence-corrected chi connectivity index (χ2v) is 4.40. The summed E-state index contributed by atoms with van der Waals surface area (Å²) in [4.78, 5) is 0. The average molecular weight is 318 g/mol. The van der Waals surface area contributed by atoms with Crippen molar-refractivity contribution in [3.8, 4) is 11.1 Å². The summed E-state index contributed by atoms with van der Waals surface area (Å²) in [7, 11) is 0. The fourth-order valence-electron chi connectivity index (χ4n) is 1.71. The van der Waals surface area contributed by atoms with Crippen LogP contribution in [0.25, 0.3) is 11.1 Å². The monoisotopic (exact) mass is 318 g/mol. The second-order valence-electron chi connectivity index (χ2n) is 4.40. The zero-order chi connectivity index (χ0) is 12.3. The van der Waals surface area contributed by atoms with E-state index in [1.807, 2.05) is 18.5 Å². The fraction of sp³-hybridized carbons (Fsp3) is 0.357. The van der Waals surface area contributed by atoms with Crippen LogP contribution in [0, 0.1) is 6.07 Å². The van der Waals surface area contributed by atoms with E-state index in [1.54, 1.807) is 4.68 Å². The van der Waals surface area contributed by atoms with Gasteiger partial charge in [0, 0.05) is 45.1 Å². The molecule has 18 heavy (non-hydrogen) atoms. The Morgan fingerprint density at radius 3 is 2.67 bits per heavy atom. The predicted molar refractivity (Wildman–Crippen MR) is 67.7 cm³/mol. The molecule has 4 heteroatoms. The van der Waals surface area contributed by atoms with Crippen molar-refractivity contribution >= 4 is 0 Å². The summed E-state index contributed by atoms with van der Waals surface area (Å²) in [5, 5.41) is 13.0. The van der Waals surface area contributed by atoms with Crippen LogP contribution >= 0.6 is 0 Å². The molecule has 0 aliphatic heterocycles. The number of benzene rings is 1. The van der Waals surface area contributed by atoms with Crippen LogP contribution in [0.1, 0.15) is 25.3 Å². The summed E-state index contributed by atoms with van der Waals surface area (Å²) in [5.74, 6) is 0.501. The SMILES string of the molecule is CC(C)c1[c-]cc(-c2cnn(CCO)c2)cc1.[Y]. The van der Waals surface area contributed by atoms with Crippen LogP contribution < -0.4 is 0 Å². The first-order chi connectivity index (χ1) is 8.20. The molecule has 0 aliphatic rings. The van der Waals surface area contributed by atoms with E-state index < -0.39 is 0 Å². The van der Waals surface area contributed by atoms with Gasteiger partial charge in [-0.3, -0.25) is 4.68 Å². The summed E-state index contributed by atoms with van der Waals surface area (Å²) >= 11 is 0. The quantitative estimate of drug-likeness (QED) is 0.880. The van der Waals surface area contributed by atoms with Gasteiger partial charge in [-0.1, -0.05) is 13.8 Å². The molecule has 0 bridgehead atoms. The van der Waals surface area contributed by atoms with Crippen LogP contribution in [0.5, 0.6) is 0 Å². The molecule has 1 N–H and O–H groups in total. The van der Waals surface area contributed by atoms with E-state index in [4.69, 9.17) is 5.11 Å². The van der Waals surface area contributed by atoms with Gasteiger partial charge < -0.3 is 5.11 Å². The zero-order valence-corrected chi connectivity index (χ0v) is 13.6. The maximum absolute atomic E-state index is 8.83. The van der Waals surface area contributed by atoms with Crippen LogP contribution in [0.2, 0.25) is 0 Å². The first-order valence-electron chi connectivity index (χ1n) is 5.86. The van der Waals surface area contributed by atoms with Crippen LogP contribution in [0.4, 0.5) is 0 Å². The molecule has 2 aromatic rings. The molecule has 93 valence electrons. The van der Waals surface area contributed by atoms with E-state index in [-0.39, 0.29) is 39.3 Å². The minimum Gasteiger partial charge on any atom is -0.394 e. The minimum atomic E-state index is 0. The van der Waals surface area contributed by atoms with Gasteiger partial charge in [-0.2, -0.15) is 34.9 Å². The van der Waals surface area contributed by atoms with Crippen molar-refractivity contribution < 1.29 is 37.8 Å². The first-order valence-corrected chi connectivity index (χ1v) is 5.86. The molecule has 3 nitrogen and oxygen atoms in total. The standard InChI is InChI=1S/C14H17N2O.Y/c1-11(2)12-3-5-13(6-4-12)14-9-15-16(10-14)7-8-17;/h3,5-6,9-11,17H,7-8H2,1-2H3;/q-1;. The molecular formula is C14H17N2OY-. The average Bonchev–Trinajstić information content (AvgIpc) is 2.78. The molecule has 0 aliphatic carbocycles. The van der Waals surface area contributed by atoms with E-state index in [0.717, 1.165) is 11.1 Å². The van der Waals surface area contributed by atoms with Crippen molar-refractivity contribution in [2.45, 2.75) is 26.3 Å². The normalized spacial score (nSPS) is 10.4. The van der Waals surface area contributed by atoms with Crippen LogP contribution in [-0.2, 0) is 39.3 Å². The number of rotatable bonds is 4. The van der Waals surface area contributed by atoms with Gasteiger partial charge in [0.05, 0.1) is 13.2 Å². The number of nitrogens with zero attached hydrogens (tertiary/aromatic N) is 2. The van der Waals surface area contributed by atoms with E-state index in [2.05, 4.69) is 37.1 Å². The zero-order valence-electron chi connectivity index (χ0n) is 10.8.